The fourth-order valence-electron chi connectivity index (χ4n) is 2.33. The first-order valence-corrected chi connectivity index (χ1v) is 6.60. The van der Waals surface area contributed by atoms with Crippen LogP contribution in [0, 0.1) is 13.8 Å². The summed E-state index contributed by atoms with van der Waals surface area (Å²) in [6.07, 6.45) is -0.775. The molecule has 0 aliphatic carbocycles. The van der Waals surface area contributed by atoms with Crippen molar-refractivity contribution in [3.05, 3.63) is 28.8 Å². The molecule has 0 saturated heterocycles. The second-order valence-electron chi connectivity index (χ2n) is 5.13. The number of aliphatic hydroxyl groups excluding tert-OH is 1. The molecule has 20 heavy (non-hydrogen) atoms. The molecule has 112 valence electrons. The highest BCUT2D eigenvalue weighted by molar-refractivity contribution is 5.72. The fraction of sp³-hybridized carbons (Fsp3) is 0.533. The number of benzene rings is 1. The van der Waals surface area contributed by atoms with E-state index < -0.39 is 18.1 Å². The molecule has 0 fully saturated rings. The lowest BCUT2D eigenvalue weighted by Crippen LogP contribution is -2.43. The summed E-state index contributed by atoms with van der Waals surface area (Å²) in [5.41, 5.74) is 2.65. The molecule has 3 unspecified atom stereocenters. The molecule has 0 heterocycles. The number of aliphatic carboxylic acids is 1. The molecule has 0 aliphatic rings. The average molecular weight is 281 g/mol. The zero-order valence-electron chi connectivity index (χ0n) is 12.6. The van der Waals surface area contributed by atoms with Crippen molar-refractivity contribution in [3.63, 3.8) is 0 Å². The molecule has 0 saturated carbocycles. The molecule has 3 atom stereocenters. The van der Waals surface area contributed by atoms with E-state index in [2.05, 4.69) is 5.32 Å². The summed E-state index contributed by atoms with van der Waals surface area (Å²) in [6, 6.07) is 2.64. The van der Waals surface area contributed by atoms with Crippen molar-refractivity contribution < 1.29 is 19.7 Å². The van der Waals surface area contributed by atoms with Gasteiger partial charge < -0.3 is 14.9 Å². The first-order chi connectivity index (χ1) is 9.27. The summed E-state index contributed by atoms with van der Waals surface area (Å²) in [4.78, 5) is 10.9. The number of methoxy groups -OCH3 is 1. The number of aliphatic hydroxyl groups is 1. The summed E-state index contributed by atoms with van der Waals surface area (Å²) < 4.78 is 5.19. The van der Waals surface area contributed by atoms with E-state index in [1.54, 1.807) is 21.0 Å². The predicted molar refractivity (Wildman–Crippen MR) is 77.1 cm³/mol. The van der Waals surface area contributed by atoms with Gasteiger partial charge in [-0.2, -0.15) is 0 Å². The molecule has 3 N–H and O–H groups in total. The zero-order chi connectivity index (χ0) is 15.4. The first kappa shape index (κ1) is 16.5. The largest absolute Gasteiger partial charge is 0.497 e. The van der Waals surface area contributed by atoms with Crippen LogP contribution in [0.25, 0.3) is 0 Å². The monoisotopic (exact) mass is 281 g/mol. The standard InChI is InChI=1S/C15H23NO4/c1-8-6-12(20-5)7-9(2)13(8)14(17)10(3)16-11(4)15(18)19/h6-7,10-11,14,16-17H,1-5H3,(H,18,19). The number of ether oxygens (including phenoxy) is 1. The number of hydrogen-bond acceptors (Lipinski definition) is 4. The van der Waals surface area contributed by atoms with Crippen molar-refractivity contribution in [3.8, 4) is 5.75 Å². The Morgan fingerprint density at radius 2 is 1.75 bits per heavy atom. The lowest BCUT2D eigenvalue weighted by molar-refractivity contribution is -0.139. The summed E-state index contributed by atoms with van der Waals surface area (Å²) in [6.45, 7) is 7.13. The normalized spacial score (nSPS) is 15.5. The van der Waals surface area contributed by atoms with Gasteiger partial charge in [0.25, 0.3) is 0 Å². The number of rotatable bonds is 6. The summed E-state index contributed by atoms with van der Waals surface area (Å²) >= 11 is 0. The third-order valence-corrected chi connectivity index (χ3v) is 3.46. The first-order valence-electron chi connectivity index (χ1n) is 6.60. The maximum atomic E-state index is 10.9. The third-order valence-electron chi connectivity index (χ3n) is 3.46. The van der Waals surface area contributed by atoms with Crippen LogP contribution < -0.4 is 10.1 Å². The van der Waals surface area contributed by atoms with Gasteiger partial charge in [-0.05, 0) is 56.5 Å². The second-order valence-corrected chi connectivity index (χ2v) is 5.13. The van der Waals surface area contributed by atoms with Crippen molar-refractivity contribution in [2.45, 2.75) is 45.9 Å². The van der Waals surface area contributed by atoms with Gasteiger partial charge in [0.15, 0.2) is 0 Å². The van der Waals surface area contributed by atoms with Gasteiger partial charge in [-0.3, -0.25) is 10.1 Å². The molecular weight excluding hydrogens is 258 g/mol. The number of carboxylic acids is 1. The minimum Gasteiger partial charge on any atom is -0.497 e. The number of carbonyl (C=O) groups is 1. The maximum absolute atomic E-state index is 10.9. The third kappa shape index (κ3) is 3.71. The molecule has 0 amide bonds. The highest BCUT2D eigenvalue weighted by atomic mass is 16.5. The Morgan fingerprint density at radius 3 is 2.15 bits per heavy atom. The van der Waals surface area contributed by atoms with Crippen LogP contribution in [0.3, 0.4) is 0 Å². The zero-order valence-corrected chi connectivity index (χ0v) is 12.6. The number of hydrogen-bond donors (Lipinski definition) is 3. The van der Waals surface area contributed by atoms with Gasteiger partial charge in [-0.15, -0.1) is 0 Å². The van der Waals surface area contributed by atoms with E-state index in [0.29, 0.717) is 0 Å². The Morgan fingerprint density at radius 1 is 1.25 bits per heavy atom. The quantitative estimate of drug-likeness (QED) is 0.741. The Balaban J connectivity index is 2.97. The van der Waals surface area contributed by atoms with Gasteiger partial charge >= 0.3 is 5.97 Å². The van der Waals surface area contributed by atoms with Gasteiger partial charge in [-0.1, -0.05) is 0 Å². The van der Waals surface area contributed by atoms with Crippen molar-refractivity contribution in [1.82, 2.24) is 5.32 Å². The van der Waals surface area contributed by atoms with Crippen LogP contribution in [-0.2, 0) is 4.79 Å². The van der Waals surface area contributed by atoms with Gasteiger partial charge in [-0.25, -0.2) is 0 Å². The lowest BCUT2D eigenvalue weighted by atomic mass is 9.93. The second kappa shape index (κ2) is 6.72. The Bertz CT molecular complexity index is 464. The predicted octanol–water partition coefficient (Wildman–Crippen LogP) is 1.80. The molecule has 1 rings (SSSR count). The number of carboxylic acid groups (broad SMARTS) is 1. The molecule has 5 nitrogen and oxygen atoms in total. The smallest absolute Gasteiger partial charge is 0.320 e. The van der Waals surface area contributed by atoms with Crippen LogP contribution in [0.2, 0.25) is 0 Å². The van der Waals surface area contributed by atoms with Crippen molar-refractivity contribution in [2.24, 2.45) is 0 Å². The van der Waals surface area contributed by atoms with Crippen LogP contribution in [0.15, 0.2) is 12.1 Å². The van der Waals surface area contributed by atoms with E-state index in [0.717, 1.165) is 22.4 Å². The van der Waals surface area contributed by atoms with Gasteiger partial charge in [0, 0.05) is 6.04 Å². The van der Waals surface area contributed by atoms with Crippen molar-refractivity contribution in [2.75, 3.05) is 7.11 Å². The molecule has 0 aromatic heterocycles. The van der Waals surface area contributed by atoms with E-state index in [1.807, 2.05) is 26.0 Å². The minimum atomic E-state index is -0.938. The molecule has 5 heteroatoms. The highest BCUT2D eigenvalue weighted by Gasteiger charge is 2.23. The molecule has 1 aromatic carbocycles. The Labute approximate surface area is 119 Å². The lowest BCUT2D eigenvalue weighted by Gasteiger charge is -2.25. The Kier molecular flexibility index (Phi) is 5.53. The summed E-state index contributed by atoms with van der Waals surface area (Å²) in [5, 5.41) is 22.2. The van der Waals surface area contributed by atoms with Crippen LogP contribution >= 0.6 is 0 Å². The number of nitrogens with one attached hydrogen (secondary N) is 1. The van der Waals surface area contributed by atoms with E-state index in [9.17, 15) is 9.90 Å². The van der Waals surface area contributed by atoms with Crippen molar-refractivity contribution in [1.29, 1.82) is 0 Å². The van der Waals surface area contributed by atoms with Gasteiger partial charge in [0.05, 0.1) is 13.2 Å². The van der Waals surface area contributed by atoms with Crippen LogP contribution in [0.4, 0.5) is 0 Å². The molecule has 0 bridgehead atoms. The maximum Gasteiger partial charge on any atom is 0.320 e. The molecule has 0 spiro atoms. The Hall–Kier alpha value is -1.59. The van der Waals surface area contributed by atoms with Gasteiger partial charge in [0.2, 0.25) is 0 Å². The average Bonchev–Trinajstić information content (AvgIpc) is 2.37. The summed E-state index contributed by atoms with van der Waals surface area (Å²) in [5.74, 6) is -0.192. The van der Waals surface area contributed by atoms with E-state index in [1.165, 1.54) is 0 Å². The molecule has 1 aromatic rings. The van der Waals surface area contributed by atoms with E-state index in [4.69, 9.17) is 9.84 Å². The summed E-state index contributed by atoms with van der Waals surface area (Å²) in [7, 11) is 1.60. The van der Waals surface area contributed by atoms with E-state index in [-0.39, 0.29) is 6.04 Å². The topological polar surface area (TPSA) is 78.8 Å². The molecule has 0 radical (unpaired) electrons. The van der Waals surface area contributed by atoms with Crippen LogP contribution in [0.5, 0.6) is 5.75 Å². The van der Waals surface area contributed by atoms with E-state index >= 15 is 0 Å². The highest BCUT2D eigenvalue weighted by Crippen LogP contribution is 2.28. The van der Waals surface area contributed by atoms with Crippen molar-refractivity contribution >= 4 is 5.97 Å². The number of aryl methyl sites for hydroxylation is 2. The SMILES string of the molecule is COc1cc(C)c(C(O)C(C)NC(C)C(=O)O)c(C)c1. The molecular formula is C15H23NO4. The van der Waals surface area contributed by atoms with Crippen LogP contribution in [-0.4, -0.2) is 35.4 Å². The fourth-order valence-corrected chi connectivity index (χ4v) is 2.33. The molecule has 0 aliphatic heterocycles. The van der Waals surface area contributed by atoms with Gasteiger partial charge in [0.1, 0.15) is 11.8 Å². The van der Waals surface area contributed by atoms with Crippen LogP contribution in [0.1, 0.15) is 36.6 Å². The minimum absolute atomic E-state index is 0.369.